The number of aromatic amines is 1. The van der Waals surface area contributed by atoms with Gasteiger partial charge in [-0.1, -0.05) is 0 Å². The summed E-state index contributed by atoms with van der Waals surface area (Å²) in [5.41, 5.74) is 1.33. The summed E-state index contributed by atoms with van der Waals surface area (Å²) >= 11 is 0. The number of aldehydes is 1. The molecule has 2 unspecified atom stereocenters. The fourth-order valence-corrected chi connectivity index (χ4v) is 1.73. The molecule has 2 atom stereocenters. The third-order valence-electron chi connectivity index (χ3n) is 2.72. The normalized spacial score (nSPS) is 14.1. The molecule has 0 bridgehead atoms. The molecule has 3 N–H and O–H groups in total. The number of hydrogen-bond acceptors (Lipinski definition) is 5. The van der Waals surface area contributed by atoms with Crippen LogP contribution in [0.5, 0.6) is 0 Å². The number of nitrogens with one attached hydrogen (secondary N) is 1. The molecule has 0 fully saturated rings. The van der Waals surface area contributed by atoms with Gasteiger partial charge in [0.15, 0.2) is 6.29 Å². The lowest BCUT2D eigenvalue weighted by atomic mass is 10.0. The second-order valence-electron chi connectivity index (χ2n) is 3.90. The highest BCUT2D eigenvalue weighted by atomic mass is 16.3. The summed E-state index contributed by atoms with van der Waals surface area (Å²) in [5, 5.41) is 28.4. The van der Waals surface area contributed by atoms with Crippen molar-refractivity contribution >= 4 is 17.3 Å². The van der Waals surface area contributed by atoms with E-state index in [0.717, 1.165) is 0 Å². The van der Waals surface area contributed by atoms with Crippen molar-refractivity contribution in [2.24, 2.45) is 0 Å². The van der Waals surface area contributed by atoms with Crippen LogP contribution in [0.3, 0.4) is 0 Å². The number of H-pyrrole nitrogens is 1. The van der Waals surface area contributed by atoms with Crippen LogP contribution < -0.4 is 0 Å². The first kappa shape index (κ1) is 12.2. The number of carbonyl (C=O) groups is 1. The smallest absolute Gasteiger partial charge is 0.152 e. The van der Waals surface area contributed by atoms with E-state index in [1.165, 1.54) is 12.4 Å². The SMILES string of the molecule is N#CCC(O)C(O)c1cnc2[nH]cc(C=O)c2c1. The number of hydrogen-bond donors (Lipinski definition) is 3. The van der Waals surface area contributed by atoms with Crippen LogP contribution in [0, 0.1) is 11.3 Å². The van der Waals surface area contributed by atoms with Crippen LogP contribution in [0.1, 0.15) is 28.4 Å². The molecule has 0 radical (unpaired) electrons. The van der Waals surface area contributed by atoms with Gasteiger partial charge >= 0.3 is 0 Å². The number of aliphatic hydroxyl groups excluding tert-OH is 2. The maximum Gasteiger partial charge on any atom is 0.152 e. The third-order valence-corrected chi connectivity index (χ3v) is 2.72. The summed E-state index contributed by atoms with van der Waals surface area (Å²) in [6.07, 6.45) is 1.06. The lowest BCUT2D eigenvalue weighted by Gasteiger charge is -2.15. The van der Waals surface area contributed by atoms with Gasteiger partial charge in [-0.3, -0.25) is 4.79 Å². The largest absolute Gasteiger partial charge is 0.389 e. The first-order valence-corrected chi connectivity index (χ1v) is 5.32. The minimum absolute atomic E-state index is 0.174. The monoisotopic (exact) mass is 245 g/mol. The Morgan fingerprint density at radius 3 is 3.00 bits per heavy atom. The van der Waals surface area contributed by atoms with E-state index in [9.17, 15) is 15.0 Å². The number of nitriles is 1. The van der Waals surface area contributed by atoms with E-state index in [1.807, 2.05) is 0 Å². The van der Waals surface area contributed by atoms with Gasteiger partial charge in [-0.05, 0) is 6.07 Å². The Bertz CT molecular complexity index is 615. The topological polar surface area (TPSA) is 110 Å². The van der Waals surface area contributed by atoms with Gasteiger partial charge < -0.3 is 15.2 Å². The van der Waals surface area contributed by atoms with Crippen molar-refractivity contribution in [2.45, 2.75) is 18.6 Å². The molecular formula is C12H11N3O3. The molecule has 0 aliphatic rings. The number of pyridine rings is 1. The van der Waals surface area contributed by atoms with E-state index in [2.05, 4.69) is 9.97 Å². The molecule has 0 spiro atoms. The van der Waals surface area contributed by atoms with E-state index >= 15 is 0 Å². The van der Waals surface area contributed by atoms with Gasteiger partial charge in [0.25, 0.3) is 0 Å². The number of nitrogens with zero attached hydrogens (tertiary/aromatic N) is 2. The number of fused-ring (bicyclic) bond motifs is 1. The Labute approximate surface area is 103 Å². The maximum absolute atomic E-state index is 10.8. The van der Waals surface area contributed by atoms with Crippen LogP contribution in [-0.2, 0) is 0 Å². The number of aliphatic hydroxyl groups is 2. The summed E-state index contributed by atoms with van der Waals surface area (Å²) in [6.45, 7) is 0. The van der Waals surface area contributed by atoms with E-state index in [4.69, 9.17) is 5.26 Å². The summed E-state index contributed by atoms with van der Waals surface area (Å²) < 4.78 is 0. The molecule has 0 aliphatic heterocycles. The van der Waals surface area contributed by atoms with Crippen molar-refractivity contribution < 1.29 is 15.0 Å². The Morgan fingerprint density at radius 2 is 2.33 bits per heavy atom. The zero-order valence-corrected chi connectivity index (χ0v) is 9.37. The predicted octanol–water partition coefficient (Wildman–Crippen LogP) is 0.683. The second-order valence-corrected chi connectivity index (χ2v) is 3.90. The highest BCUT2D eigenvalue weighted by Gasteiger charge is 2.19. The Balaban J connectivity index is 2.40. The minimum Gasteiger partial charge on any atom is -0.389 e. The number of rotatable bonds is 4. The molecule has 0 aromatic carbocycles. The third kappa shape index (κ3) is 2.09. The van der Waals surface area contributed by atoms with Crippen molar-refractivity contribution in [2.75, 3.05) is 0 Å². The average molecular weight is 245 g/mol. The molecule has 92 valence electrons. The van der Waals surface area contributed by atoms with E-state index in [0.29, 0.717) is 28.4 Å². The molecule has 2 aromatic heterocycles. The molecule has 2 heterocycles. The Kier molecular flexibility index (Phi) is 3.37. The zero-order valence-electron chi connectivity index (χ0n) is 9.37. The van der Waals surface area contributed by atoms with Crippen molar-refractivity contribution in [3.63, 3.8) is 0 Å². The molecule has 0 amide bonds. The van der Waals surface area contributed by atoms with Gasteiger partial charge in [0.05, 0.1) is 18.6 Å². The van der Waals surface area contributed by atoms with Crippen LogP contribution in [0.4, 0.5) is 0 Å². The molecule has 0 aliphatic carbocycles. The predicted molar refractivity (Wildman–Crippen MR) is 62.7 cm³/mol. The molecule has 18 heavy (non-hydrogen) atoms. The first-order chi connectivity index (χ1) is 8.67. The van der Waals surface area contributed by atoms with Crippen molar-refractivity contribution in [1.82, 2.24) is 9.97 Å². The maximum atomic E-state index is 10.8. The molecular weight excluding hydrogens is 234 g/mol. The number of carbonyl (C=O) groups excluding carboxylic acids is 1. The molecule has 6 nitrogen and oxygen atoms in total. The number of aromatic nitrogens is 2. The molecule has 0 saturated heterocycles. The van der Waals surface area contributed by atoms with Crippen LogP contribution in [-0.4, -0.2) is 32.6 Å². The lowest BCUT2D eigenvalue weighted by molar-refractivity contribution is 0.0215. The van der Waals surface area contributed by atoms with E-state index in [1.54, 1.807) is 12.1 Å². The van der Waals surface area contributed by atoms with Crippen LogP contribution in [0.25, 0.3) is 11.0 Å². The van der Waals surface area contributed by atoms with Gasteiger partial charge in [0.2, 0.25) is 0 Å². The van der Waals surface area contributed by atoms with Crippen LogP contribution in [0.15, 0.2) is 18.5 Å². The Hall–Kier alpha value is -2.23. The van der Waals surface area contributed by atoms with Gasteiger partial charge in [-0.2, -0.15) is 5.26 Å². The standard InChI is InChI=1S/C12H11N3O3/c13-2-1-10(17)11(18)7-3-9-8(6-16)5-15-12(9)14-4-7/h3-6,10-11,17-18H,1H2,(H,14,15). The zero-order chi connectivity index (χ0) is 13.1. The summed E-state index contributed by atoms with van der Waals surface area (Å²) in [6, 6.07) is 3.36. The highest BCUT2D eigenvalue weighted by molar-refractivity contribution is 5.95. The fourth-order valence-electron chi connectivity index (χ4n) is 1.73. The second kappa shape index (κ2) is 4.96. The van der Waals surface area contributed by atoms with E-state index in [-0.39, 0.29) is 6.42 Å². The lowest BCUT2D eigenvalue weighted by Crippen LogP contribution is -2.17. The molecule has 0 saturated carbocycles. The summed E-state index contributed by atoms with van der Waals surface area (Å²) in [5.74, 6) is 0. The van der Waals surface area contributed by atoms with Gasteiger partial charge in [0.1, 0.15) is 11.8 Å². The first-order valence-electron chi connectivity index (χ1n) is 5.32. The van der Waals surface area contributed by atoms with Crippen molar-refractivity contribution in [3.8, 4) is 6.07 Å². The van der Waals surface area contributed by atoms with Crippen LogP contribution >= 0.6 is 0 Å². The van der Waals surface area contributed by atoms with Gasteiger partial charge in [0, 0.05) is 28.9 Å². The highest BCUT2D eigenvalue weighted by Crippen LogP contribution is 2.23. The van der Waals surface area contributed by atoms with Crippen molar-refractivity contribution in [3.05, 3.63) is 29.6 Å². The van der Waals surface area contributed by atoms with Crippen LogP contribution in [0.2, 0.25) is 0 Å². The molecule has 2 rings (SSSR count). The van der Waals surface area contributed by atoms with Crippen molar-refractivity contribution in [1.29, 1.82) is 5.26 Å². The molecule has 2 aromatic rings. The fraction of sp³-hybridized carbons (Fsp3) is 0.250. The van der Waals surface area contributed by atoms with Gasteiger partial charge in [-0.15, -0.1) is 0 Å². The quantitative estimate of drug-likeness (QED) is 0.686. The molecule has 6 heteroatoms. The minimum atomic E-state index is -1.20. The summed E-state index contributed by atoms with van der Waals surface area (Å²) in [7, 11) is 0. The Morgan fingerprint density at radius 1 is 1.56 bits per heavy atom. The van der Waals surface area contributed by atoms with E-state index < -0.39 is 12.2 Å². The average Bonchev–Trinajstić information content (AvgIpc) is 2.80. The summed E-state index contributed by atoms with van der Waals surface area (Å²) in [4.78, 5) is 17.7. The van der Waals surface area contributed by atoms with Gasteiger partial charge in [-0.25, -0.2) is 4.98 Å².